The number of hydrogen-bond acceptors (Lipinski definition) is 5. The third kappa shape index (κ3) is 3.42. The number of nitro groups is 1. The van der Waals surface area contributed by atoms with E-state index < -0.39 is 10.8 Å². The van der Waals surface area contributed by atoms with E-state index in [1.165, 1.54) is 12.1 Å². The number of hydrogen-bond donors (Lipinski definition) is 3. The lowest BCUT2D eigenvalue weighted by Gasteiger charge is -2.09. The predicted octanol–water partition coefficient (Wildman–Crippen LogP) is 0.453. The van der Waals surface area contributed by atoms with Crippen molar-refractivity contribution in [3.63, 3.8) is 0 Å². The highest BCUT2D eigenvalue weighted by atomic mass is 16.6. The molecule has 1 aromatic rings. The number of nitrogens with one attached hydrogen (secondary N) is 1. The van der Waals surface area contributed by atoms with Crippen LogP contribution in [0.2, 0.25) is 0 Å². The summed E-state index contributed by atoms with van der Waals surface area (Å²) in [4.78, 5) is 21.2. The van der Waals surface area contributed by atoms with Crippen molar-refractivity contribution in [3.8, 4) is 0 Å². The average molecular weight is 238 g/mol. The van der Waals surface area contributed by atoms with Crippen molar-refractivity contribution in [2.45, 2.75) is 13.0 Å². The zero-order chi connectivity index (χ0) is 13.0. The van der Waals surface area contributed by atoms with Crippen molar-refractivity contribution in [2.24, 2.45) is 11.5 Å². The van der Waals surface area contributed by atoms with E-state index in [0.717, 1.165) is 6.07 Å². The Kier molecular flexibility index (Phi) is 4.00. The van der Waals surface area contributed by atoms with Crippen LogP contribution in [0.25, 0.3) is 0 Å². The molecule has 0 radical (unpaired) electrons. The summed E-state index contributed by atoms with van der Waals surface area (Å²) in [6.45, 7) is 2.17. The molecule has 17 heavy (non-hydrogen) atoms. The minimum absolute atomic E-state index is 0.100. The van der Waals surface area contributed by atoms with Gasteiger partial charge in [-0.25, -0.2) is 0 Å². The van der Waals surface area contributed by atoms with Gasteiger partial charge < -0.3 is 16.8 Å². The van der Waals surface area contributed by atoms with Crippen LogP contribution in [0.1, 0.15) is 17.3 Å². The van der Waals surface area contributed by atoms with Crippen molar-refractivity contribution in [3.05, 3.63) is 33.9 Å². The molecule has 0 bridgehead atoms. The van der Waals surface area contributed by atoms with Gasteiger partial charge in [-0.05, 0) is 19.1 Å². The summed E-state index contributed by atoms with van der Waals surface area (Å²) in [5, 5.41) is 13.7. The summed E-state index contributed by atoms with van der Waals surface area (Å²) < 4.78 is 0. The van der Waals surface area contributed by atoms with Crippen LogP contribution in [0.5, 0.6) is 0 Å². The van der Waals surface area contributed by atoms with E-state index in [0.29, 0.717) is 12.2 Å². The first-order chi connectivity index (χ1) is 7.91. The van der Waals surface area contributed by atoms with Crippen molar-refractivity contribution in [2.75, 3.05) is 11.9 Å². The second kappa shape index (κ2) is 5.26. The molecule has 1 aromatic carbocycles. The number of anilines is 1. The van der Waals surface area contributed by atoms with Crippen LogP contribution in [0.15, 0.2) is 18.2 Å². The van der Waals surface area contributed by atoms with Gasteiger partial charge in [0.05, 0.1) is 4.92 Å². The first-order valence-corrected chi connectivity index (χ1v) is 4.99. The maximum Gasteiger partial charge on any atom is 0.293 e. The predicted molar refractivity (Wildman–Crippen MR) is 63.8 cm³/mol. The third-order valence-corrected chi connectivity index (χ3v) is 2.09. The molecule has 0 saturated carbocycles. The van der Waals surface area contributed by atoms with Gasteiger partial charge in [-0.2, -0.15) is 0 Å². The van der Waals surface area contributed by atoms with Crippen LogP contribution in [-0.2, 0) is 0 Å². The number of carbonyl (C=O) groups excluding carboxylic acids is 1. The fourth-order valence-corrected chi connectivity index (χ4v) is 1.26. The van der Waals surface area contributed by atoms with Crippen molar-refractivity contribution in [1.82, 2.24) is 0 Å². The zero-order valence-corrected chi connectivity index (χ0v) is 9.34. The standard InChI is InChI=1S/C10H14N4O3/c1-6(11)5-13-8-3-2-7(10(12)15)4-9(8)14(16)17/h2-4,6,13H,5,11H2,1H3,(H2,12,15). The monoisotopic (exact) mass is 238 g/mol. The topological polar surface area (TPSA) is 124 Å². The van der Waals surface area contributed by atoms with Gasteiger partial charge in [0.25, 0.3) is 5.69 Å². The summed E-state index contributed by atoms with van der Waals surface area (Å²) in [5.41, 5.74) is 10.8. The number of nitrogens with two attached hydrogens (primary N) is 2. The summed E-state index contributed by atoms with van der Waals surface area (Å²) in [5.74, 6) is -0.702. The Morgan fingerprint density at radius 1 is 1.59 bits per heavy atom. The van der Waals surface area contributed by atoms with Crippen LogP contribution < -0.4 is 16.8 Å². The van der Waals surface area contributed by atoms with Crippen LogP contribution in [0.4, 0.5) is 11.4 Å². The number of amides is 1. The Balaban J connectivity index is 3.04. The van der Waals surface area contributed by atoms with E-state index in [-0.39, 0.29) is 17.3 Å². The van der Waals surface area contributed by atoms with Crippen LogP contribution >= 0.6 is 0 Å². The molecule has 0 aliphatic carbocycles. The molecule has 1 atom stereocenters. The SMILES string of the molecule is CC(N)CNc1ccc(C(N)=O)cc1[N+](=O)[O-]. The molecule has 7 heteroatoms. The van der Waals surface area contributed by atoms with Crippen molar-refractivity contribution >= 4 is 17.3 Å². The fourth-order valence-electron chi connectivity index (χ4n) is 1.26. The highest BCUT2D eigenvalue weighted by Crippen LogP contribution is 2.25. The molecule has 0 saturated heterocycles. The van der Waals surface area contributed by atoms with Gasteiger partial charge in [0.15, 0.2) is 0 Å². The van der Waals surface area contributed by atoms with E-state index >= 15 is 0 Å². The quantitative estimate of drug-likeness (QED) is 0.507. The molecule has 5 N–H and O–H groups in total. The minimum atomic E-state index is -0.702. The Bertz CT molecular complexity index is 445. The van der Waals surface area contributed by atoms with E-state index in [9.17, 15) is 14.9 Å². The molecule has 0 spiro atoms. The lowest BCUT2D eigenvalue weighted by atomic mass is 10.1. The maximum absolute atomic E-state index is 10.9. The van der Waals surface area contributed by atoms with Crippen LogP contribution in [0.3, 0.4) is 0 Å². The summed E-state index contributed by atoms with van der Waals surface area (Å²) in [6.07, 6.45) is 0. The fraction of sp³-hybridized carbons (Fsp3) is 0.300. The molecule has 7 nitrogen and oxygen atoms in total. The smallest absolute Gasteiger partial charge is 0.293 e. The van der Waals surface area contributed by atoms with Gasteiger partial charge in [-0.3, -0.25) is 14.9 Å². The van der Waals surface area contributed by atoms with E-state index in [1.807, 2.05) is 0 Å². The van der Waals surface area contributed by atoms with E-state index in [1.54, 1.807) is 6.92 Å². The molecular formula is C10H14N4O3. The molecule has 0 heterocycles. The summed E-state index contributed by atoms with van der Waals surface area (Å²) >= 11 is 0. The van der Waals surface area contributed by atoms with Crippen LogP contribution in [0, 0.1) is 10.1 Å². The second-order valence-corrected chi connectivity index (χ2v) is 3.71. The van der Waals surface area contributed by atoms with Gasteiger partial charge in [0.1, 0.15) is 5.69 Å². The lowest BCUT2D eigenvalue weighted by molar-refractivity contribution is -0.384. The van der Waals surface area contributed by atoms with Gasteiger partial charge >= 0.3 is 0 Å². The van der Waals surface area contributed by atoms with Gasteiger partial charge in [-0.15, -0.1) is 0 Å². The molecule has 92 valence electrons. The first-order valence-electron chi connectivity index (χ1n) is 4.99. The van der Waals surface area contributed by atoms with Gasteiger partial charge in [-0.1, -0.05) is 0 Å². The number of primary amides is 1. The second-order valence-electron chi connectivity index (χ2n) is 3.71. The van der Waals surface area contributed by atoms with E-state index in [2.05, 4.69) is 5.32 Å². The Morgan fingerprint density at radius 3 is 2.71 bits per heavy atom. The number of nitrogens with zero attached hydrogens (tertiary/aromatic N) is 1. The largest absolute Gasteiger partial charge is 0.378 e. The lowest BCUT2D eigenvalue weighted by Crippen LogP contribution is -2.25. The maximum atomic E-state index is 10.9. The Hall–Kier alpha value is -2.15. The molecule has 0 fully saturated rings. The van der Waals surface area contributed by atoms with Crippen molar-refractivity contribution in [1.29, 1.82) is 0 Å². The average Bonchev–Trinajstić information content (AvgIpc) is 2.25. The van der Waals surface area contributed by atoms with Gasteiger partial charge in [0, 0.05) is 24.2 Å². The zero-order valence-electron chi connectivity index (χ0n) is 9.34. The number of benzene rings is 1. The third-order valence-electron chi connectivity index (χ3n) is 2.09. The van der Waals surface area contributed by atoms with Crippen molar-refractivity contribution < 1.29 is 9.72 Å². The first kappa shape index (κ1) is 12.9. The highest BCUT2D eigenvalue weighted by Gasteiger charge is 2.16. The number of nitro benzene ring substituents is 1. The van der Waals surface area contributed by atoms with Gasteiger partial charge in [0.2, 0.25) is 5.91 Å². The molecule has 0 aliphatic rings. The number of rotatable bonds is 5. The highest BCUT2D eigenvalue weighted by molar-refractivity contribution is 5.94. The summed E-state index contributed by atoms with van der Waals surface area (Å²) in [6, 6.07) is 3.89. The molecule has 1 amide bonds. The molecule has 0 aromatic heterocycles. The van der Waals surface area contributed by atoms with Crippen LogP contribution in [-0.4, -0.2) is 23.4 Å². The Labute approximate surface area is 97.9 Å². The number of carbonyl (C=O) groups is 1. The minimum Gasteiger partial charge on any atom is -0.378 e. The van der Waals surface area contributed by atoms with E-state index in [4.69, 9.17) is 11.5 Å². The normalized spacial score (nSPS) is 11.9. The molecule has 0 aliphatic heterocycles. The Morgan fingerprint density at radius 2 is 2.24 bits per heavy atom. The molecular weight excluding hydrogens is 224 g/mol. The molecule has 1 rings (SSSR count). The molecule has 1 unspecified atom stereocenters. The summed E-state index contributed by atoms with van der Waals surface area (Å²) in [7, 11) is 0.